The predicted molar refractivity (Wildman–Crippen MR) is 90.1 cm³/mol. The van der Waals surface area contributed by atoms with E-state index < -0.39 is 0 Å². The zero-order valence-corrected chi connectivity index (χ0v) is 14.1. The van der Waals surface area contributed by atoms with Crippen LogP contribution in [0.5, 0.6) is 0 Å². The lowest BCUT2D eigenvalue weighted by Gasteiger charge is -2.18. The molecule has 126 valence electrons. The van der Waals surface area contributed by atoms with Gasteiger partial charge in [-0.25, -0.2) is 0 Å². The Hall–Kier alpha value is -2.63. The zero-order chi connectivity index (χ0) is 17.1. The Kier molecular flexibility index (Phi) is 4.64. The highest BCUT2D eigenvalue weighted by Crippen LogP contribution is 2.15. The summed E-state index contributed by atoms with van der Waals surface area (Å²) in [6.07, 6.45) is 5.25. The number of carbonyl (C=O) groups excluding carboxylic acids is 2. The van der Waals surface area contributed by atoms with Crippen molar-refractivity contribution in [1.29, 1.82) is 0 Å². The molecule has 0 radical (unpaired) electrons. The molecule has 2 amide bonds. The lowest BCUT2D eigenvalue weighted by molar-refractivity contribution is -0.128. The van der Waals surface area contributed by atoms with Gasteiger partial charge in [-0.1, -0.05) is 12.1 Å². The van der Waals surface area contributed by atoms with Crippen molar-refractivity contribution in [3.8, 4) is 0 Å². The van der Waals surface area contributed by atoms with Crippen LogP contribution in [0.15, 0.2) is 36.7 Å². The summed E-state index contributed by atoms with van der Waals surface area (Å²) in [7, 11) is 3.64. The van der Waals surface area contributed by atoms with E-state index >= 15 is 0 Å². The minimum Gasteiger partial charge on any atom is -0.338 e. The van der Waals surface area contributed by atoms with Crippen LogP contribution in [-0.4, -0.2) is 45.0 Å². The molecular weight excluding hydrogens is 304 g/mol. The van der Waals surface area contributed by atoms with Crippen molar-refractivity contribution in [1.82, 2.24) is 19.6 Å². The summed E-state index contributed by atoms with van der Waals surface area (Å²) in [6.45, 7) is 1.98. The Morgan fingerprint density at radius 3 is 2.58 bits per heavy atom. The molecule has 0 spiro atoms. The molecule has 1 saturated heterocycles. The monoisotopic (exact) mass is 326 g/mol. The molecule has 0 bridgehead atoms. The maximum absolute atomic E-state index is 12.5. The van der Waals surface area contributed by atoms with Crippen LogP contribution < -0.4 is 0 Å². The molecule has 1 aromatic heterocycles. The Labute approximate surface area is 141 Å². The third-order valence-corrected chi connectivity index (χ3v) is 4.27. The van der Waals surface area contributed by atoms with Crippen LogP contribution in [0.2, 0.25) is 0 Å². The molecule has 0 N–H and O–H groups in total. The quantitative estimate of drug-likeness (QED) is 0.842. The third kappa shape index (κ3) is 3.64. The Morgan fingerprint density at radius 1 is 1.25 bits per heavy atom. The first-order valence-corrected chi connectivity index (χ1v) is 8.12. The summed E-state index contributed by atoms with van der Waals surface area (Å²) >= 11 is 0. The summed E-state index contributed by atoms with van der Waals surface area (Å²) in [5.74, 6) is 0.189. The van der Waals surface area contributed by atoms with Gasteiger partial charge in [0.15, 0.2) is 0 Å². The summed E-state index contributed by atoms with van der Waals surface area (Å²) in [4.78, 5) is 27.7. The van der Waals surface area contributed by atoms with E-state index in [0.29, 0.717) is 25.1 Å². The van der Waals surface area contributed by atoms with E-state index in [9.17, 15) is 9.59 Å². The molecule has 1 fully saturated rings. The van der Waals surface area contributed by atoms with E-state index in [-0.39, 0.29) is 11.8 Å². The minimum absolute atomic E-state index is 0.0253. The van der Waals surface area contributed by atoms with Gasteiger partial charge in [0.05, 0.1) is 6.20 Å². The lowest BCUT2D eigenvalue weighted by Crippen LogP contribution is -2.26. The van der Waals surface area contributed by atoms with Crippen molar-refractivity contribution in [3.63, 3.8) is 0 Å². The van der Waals surface area contributed by atoms with Crippen molar-refractivity contribution in [2.24, 2.45) is 7.05 Å². The van der Waals surface area contributed by atoms with Crippen LogP contribution in [0.25, 0.3) is 0 Å². The Balaban J connectivity index is 1.61. The van der Waals surface area contributed by atoms with Crippen LogP contribution in [0.1, 0.15) is 34.3 Å². The summed E-state index contributed by atoms with van der Waals surface area (Å²) < 4.78 is 1.72. The van der Waals surface area contributed by atoms with E-state index in [1.807, 2.05) is 42.4 Å². The Morgan fingerprint density at radius 2 is 2.00 bits per heavy atom. The van der Waals surface area contributed by atoms with Crippen LogP contribution >= 0.6 is 0 Å². The SMILES string of the molecule is CN(Cc1cnn(C)c1)C(=O)c1ccc(CN2CCCC2=O)cc1. The normalized spacial score (nSPS) is 14.2. The standard InChI is InChI=1S/C18H22N4O2/c1-20(11-15-10-19-21(2)12-15)18(24)16-7-5-14(6-8-16)13-22-9-3-4-17(22)23/h5-8,10,12H,3-4,9,11,13H2,1-2H3. The summed E-state index contributed by atoms with van der Waals surface area (Å²) in [5.41, 5.74) is 2.70. The van der Waals surface area contributed by atoms with Gasteiger partial charge in [0.1, 0.15) is 0 Å². The van der Waals surface area contributed by atoms with Gasteiger partial charge in [-0.2, -0.15) is 5.10 Å². The molecule has 3 rings (SSSR count). The molecule has 0 unspecified atom stereocenters. The molecule has 1 aromatic carbocycles. The fourth-order valence-corrected chi connectivity index (χ4v) is 2.96. The fraction of sp³-hybridized carbons (Fsp3) is 0.389. The molecule has 6 heteroatoms. The van der Waals surface area contributed by atoms with Crippen molar-refractivity contribution >= 4 is 11.8 Å². The second kappa shape index (κ2) is 6.86. The molecule has 2 heterocycles. The van der Waals surface area contributed by atoms with Crippen molar-refractivity contribution in [3.05, 3.63) is 53.3 Å². The second-order valence-electron chi connectivity index (χ2n) is 6.30. The molecule has 0 atom stereocenters. The van der Waals surface area contributed by atoms with E-state index in [1.165, 1.54) is 0 Å². The maximum atomic E-state index is 12.5. The van der Waals surface area contributed by atoms with Crippen molar-refractivity contribution < 1.29 is 9.59 Å². The molecule has 24 heavy (non-hydrogen) atoms. The second-order valence-corrected chi connectivity index (χ2v) is 6.30. The van der Waals surface area contributed by atoms with Gasteiger partial charge in [-0.15, -0.1) is 0 Å². The average Bonchev–Trinajstić information content (AvgIpc) is 3.16. The number of benzene rings is 1. The number of hydrogen-bond acceptors (Lipinski definition) is 3. The first-order valence-electron chi connectivity index (χ1n) is 8.12. The minimum atomic E-state index is -0.0253. The number of carbonyl (C=O) groups is 2. The van der Waals surface area contributed by atoms with Gasteiger partial charge in [0.2, 0.25) is 5.91 Å². The average molecular weight is 326 g/mol. The fourth-order valence-electron chi connectivity index (χ4n) is 2.96. The molecular formula is C18H22N4O2. The van der Waals surface area contributed by atoms with Crippen LogP contribution in [0.3, 0.4) is 0 Å². The molecule has 1 aliphatic rings. The molecule has 0 aliphatic carbocycles. The van der Waals surface area contributed by atoms with Crippen LogP contribution in [0, 0.1) is 0 Å². The number of amides is 2. The maximum Gasteiger partial charge on any atom is 0.253 e. The van der Waals surface area contributed by atoms with Crippen molar-refractivity contribution in [2.75, 3.05) is 13.6 Å². The largest absolute Gasteiger partial charge is 0.338 e. The first kappa shape index (κ1) is 16.2. The molecule has 2 aromatic rings. The first-order chi connectivity index (χ1) is 11.5. The highest BCUT2D eigenvalue weighted by molar-refractivity contribution is 5.94. The predicted octanol–water partition coefficient (Wildman–Crippen LogP) is 1.81. The highest BCUT2D eigenvalue weighted by Gasteiger charge is 2.20. The van der Waals surface area contributed by atoms with Gasteiger partial charge in [-0.3, -0.25) is 14.3 Å². The number of nitrogens with zero attached hydrogens (tertiary/aromatic N) is 4. The summed E-state index contributed by atoms with van der Waals surface area (Å²) in [6, 6.07) is 7.52. The molecule has 1 aliphatic heterocycles. The third-order valence-electron chi connectivity index (χ3n) is 4.27. The van der Waals surface area contributed by atoms with E-state index in [4.69, 9.17) is 0 Å². The van der Waals surface area contributed by atoms with Gasteiger partial charge in [-0.05, 0) is 24.1 Å². The lowest BCUT2D eigenvalue weighted by atomic mass is 10.1. The topological polar surface area (TPSA) is 58.4 Å². The van der Waals surface area contributed by atoms with E-state index in [0.717, 1.165) is 24.1 Å². The number of likely N-dealkylation sites (tertiary alicyclic amines) is 1. The van der Waals surface area contributed by atoms with Crippen molar-refractivity contribution in [2.45, 2.75) is 25.9 Å². The number of aromatic nitrogens is 2. The van der Waals surface area contributed by atoms with Crippen LogP contribution in [-0.2, 0) is 24.9 Å². The van der Waals surface area contributed by atoms with Gasteiger partial charge in [0.25, 0.3) is 5.91 Å². The zero-order valence-electron chi connectivity index (χ0n) is 14.1. The highest BCUT2D eigenvalue weighted by atomic mass is 16.2. The molecule has 6 nitrogen and oxygen atoms in total. The summed E-state index contributed by atoms with van der Waals surface area (Å²) in [5, 5.41) is 4.11. The molecule has 0 saturated carbocycles. The van der Waals surface area contributed by atoms with E-state index in [2.05, 4.69) is 5.10 Å². The Bertz CT molecular complexity index is 736. The van der Waals surface area contributed by atoms with E-state index in [1.54, 1.807) is 22.8 Å². The number of hydrogen-bond donors (Lipinski definition) is 0. The van der Waals surface area contributed by atoms with Gasteiger partial charge in [0, 0.05) is 57.5 Å². The van der Waals surface area contributed by atoms with Gasteiger partial charge < -0.3 is 9.80 Å². The van der Waals surface area contributed by atoms with Crippen LogP contribution in [0.4, 0.5) is 0 Å². The number of aryl methyl sites for hydroxylation is 1. The van der Waals surface area contributed by atoms with Gasteiger partial charge >= 0.3 is 0 Å². The smallest absolute Gasteiger partial charge is 0.253 e. The number of rotatable bonds is 5.